The number of nitrogens with one attached hydrogen (secondary N) is 3. The fourth-order valence-electron chi connectivity index (χ4n) is 1.83. The second-order valence-electron chi connectivity index (χ2n) is 5.03. The number of carbonyl (C=O) groups excluding carboxylic acids is 1. The molecule has 0 unspecified atom stereocenters. The highest BCUT2D eigenvalue weighted by atomic mass is 16.5. The van der Waals surface area contributed by atoms with Gasteiger partial charge in [0, 0.05) is 19.7 Å². The first-order valence-electron chi connectivity index (χ1n) is 7.18. The van der Waals surface area contributed by atoms with Gasteiger partial charge in [-0.05, 0) is 30.9 Å². The number of benzene rings is 1. The number of ether oxygens (including phenoxy) is 2. The van der Waals surface area contributed by atoms with Gasteiger partial charge in [-0.15, -0.1) is 0 Å². The Bertz CT molecular complexity index is 556. The van der Waals surface area contributed by atoms with Gasteiger partial charge in [-0.3, -0.25) is 10.3 Å². The first-order valence-corrected chi connectivity index (χ1v) is 7.18. The van der Waals surface area contributed by atoms with Crippen molar-refractivity contribution in [3.05, 3.63) is 18.2 Å². The molecule has 0 radical (unpaired) electrons. The molecule has 120 valence electrons. The Morgan fingerprint density at radius 1 is 1.32 bits per heavy atom. The van der Waals surface area contributed by atoms with Crippen LogP contribution in [0.1, 0.15) is 12.8 Å². The number of urea groups is 1. The molecule has 1 aromatic carbocycles. The zero-order chi connectivity index (χ0) is 15.9. The molecule has 1 saturated carbocycles. The van der Waals surface area contributed by atoms with Crippen molar-refractivity contribution in [1.29, 1.82) is 0 Å². The number of aliphatic imine (C=N–C) groups is 1. The minimum atomic E-state index is -0.325. The highest BCUT2D eigenvalue weighted by Gasteiger charge is 2.21. The van der Waals surface area contributed by atoms with E-state index in [1.54, 1.807) is 27.3 Å². The van der Waals surface area contributed by atoms with Crippen LogP contribution in [-0.4, -0.2) is 39.8 Å². The van der Waals surface area contributed by atoms with E-state index in [1.165, 1.54) is 12.8 Å². The second kappa shape index (κ2) is 7.53. The van der Waals surface area contributed by atoms with E-state index in [-0.39, 0.29) is 6.03 Å². The van der Waals surface area contributed by atoms with Crippen LogP contribution in [0.15, 0.2) is 23.2 Å². The zero-order valence-electron chi connectivity index (χ0n) is 13.1. The number of nitrogens with zero attached hydrogens (tertiary/aromatic N) is 1. The van der Waals surface area contributed by atoms with Crippen molar-refractivity contribution in [2.75, 3.05) is 33.1 Å². The molecule has 1 aromatic rings. The third-order valence-corrected chi connectivity index (χ3v) is 3.33. The normalized spacial score (nSPS) is 14.2. The predicted octanol–water partition coefficient (Wildman–Crippen LogP) is 1.81. The molecule has 7 nitrogen and oxygen atoms in total. The highest BCUT2D eigenvalue weighted by Crippen LogP contribution is 2.30. The van der Waals surface area contributed by atoms with Crippen LogP contribution >= 0.6 is 0 Å². The van der Waals surface area contributed by atoms with Crippen LogP contribution in [0.4, 0.5) is 10.5 Å². The van der Waals surface area contributed by atoms with Crippen LogP contribution in [0, 0.1) is 5.92 Å². The lowest BCUT2D eigenvalue weighted by molar-refractivity contribution is 0.247. The molecule has 2 rings (SSSR count). The Morgan fingerprint density at radius 2 is 2.09 bits per heavy atom. The maximum atomic E-state index is 11.5. The number of hydrogen-bond acceptors (Lipinski definition) is 4. The number of amides is 2. The first-order chi connectivity index (χ1) is 10.7. The Morgan fingerprint density at radius 3 is 2.68 bits per heavy atom. The summed E-state index contributed by atoms with van der Waals surface area (Å²) in [6.45, 7) is 0.699. The van der Waals surface area contributed by atoms with E-state index in [1.807, 2.05) is 12.1 Å². The lowest BCUT2D eigenvalue weighted by Crippen LogP contribution is -2.41. The van der Waals surface area contributed by atoms with Crippen LogP contribution in [0.2, 0.25) is 0 Å². The van der Waals surface area contributed by atoms with E-state index in [2.05, 4.69) is 20.9 Å². The molecule has 2 amide bonds. The SMILES string of the molecule is CNC(=O)NC(=NCC1CC1)Nc1ccc(OC)cc1OC. The number of anilines is 1. The van der Waals surface area contributed by atoms with Gasteiger partial charge in [0.05, 0.1) is 19.9 Å². The fourth-order valence-corrected chi connectivity index (χ4v) is 1.83. The van der Waals surface area contributed by atoms with Gasteiger partial charge in [0.1, 0.15) is 11.5 Å². The van der Waals surface area contributed by atoms with Crippen LogP contribution in [0.3, 0.4) is 0 Å². The number of rotatable bonds is 5. The summed E-state index contributed by atoms with van der Waals surface area (Å²) in [6, 6.07) is 5.06. The second-order valence-corrected chi connectivity index (χ2v) is 5.03. The molecule has 0 saturated heterocycles. The molecule has 7 heteroatoms. The quantitative estimate of drug-likeness (QED) is 0.572. The number of carbonyl (C=O) groups is 1. The van der Waals surface area contributed by atoms with E-state index in [0.29, 0.717) is 35.6 Å². The minimum absolute atomic E-state index is 0.325. The van der Waals surface area contributed by atoms with Gasteiger partial charge < -0.3 is 20.1 Å². The third-order valence-electron chi connectivity index (χ3n) is 3.33. The van der Waals surface area contributed by atoms with Gasteiger partial charge >= 0.3 is 6.03 Å². The molecule has 0 bridgehead atoms. The molecular weight excluding hydrogens is 284 g/mol. The standard InChI is InChI=1S/C15H22N4O3/c1-16-15(20)19-14(17-9-10-4-5-10)18-12-7-6-11(21-2)8-13(12)22-3/h6-8,10H,4-5,9H2,1-3H3,(H3,16,17,18,19,20). The molecule has 0 aromatic heterocycles. The van der Waals surface area contributed by atoms with Crippen molar-refractivity contribution in [3.63, 3.8) is 0 Å². The fraction of sp³-hybridized carbons (Fsp3) is 0.467. The van der Waals surface area contributed by atoms with Crippen molar-refractivity contribution in [3.8, 4) is 11.5 Å². The van der Waals surface area contributed by atoms with Crippen LogP contribution < -0.4 is 25.4 Å². The zero-order valence-corrected chi connectivity index (χ0v) is 13.1. The first kappa shape index (κ1) is 15.9. The Kier molecular flexibility index (Phi) is 5.46. The van der Waals surface area contributed by atoms with Gasteiger partial charge in [-0.2, -0.15) is 0 Å². The Balaban J connectivity index is 2.14. The van der Waals surface area contributed by atoms with Crippen molar-refractivity contribution >= 4 is 17.7 Å². The van der Waals surface area contributed by atoms with Crippen molar-refractivity contribution in [2.24, 2.45) is 10.9 Å². The van der Waals surface area contributed by atoms with Crippen LogP contribution in [-0.2, 0) is 0 Å². The summed E-state index contributed by atoms with van der Waals surface area (Å²) in [6.07, 6.45) is 2.39. The van der Waals surface area contributed by atoms with Crippen molar-refractivity contribution < 1.29 is 14.3 Å². The van der Waals surface area contributed by atoms with E-state index >= 15 is 0 Å². The van der Waals surface area contributed by atoms with E-state index in [9.17, 15) is 4.79 Å². The molecule has 0 heterocycles. The van der Waals surface area contributed by atoms with Gasteiger partial charge in [0.2, 0.25) is 5.96 Å². The Labute approximate surface area is 130 Å². The average Bonchev–Trinajstić information content (AvgIpc) is 3.37. The maximum Gasteiger partial charge on any atom is 0.321 e. The van der Waals surface area contributed by atoms with E-state index in [0.717, 1.165) is 0 Å². The molecule has 0 atom stereocenters. The summed E-state index contributed by atoms with van der Waals surface area (Å²) in [5.74, 6) is 2.33. The number of methoxy groups -OCH3 is 2. The summed E-state index contributed by atoms with van der Waals surface area (Å²) in [7, 11) is 4.73. The molecule has 22 heavy (non-hydrogen) atoms. The summed E-state index contributed by atoms with van der Waals surface area (Å²) in [4.78, 5) is 16.0. The van der Waals surface area contributed by atoms with Crippen LogP contribution in [0.25, 0.3) is 0 Å². The molecule has 3 N–H and O–H groups in total. The predicted molar refractivity (Wildman–Crippen MR) is 85.8 cm³/mol. The summed E-state index contributed by atoms with van der Waals surface area (Å²) < 4.78 is 10.5. The third kappa shape index (κ3) is 4.54. The summed E-state index contributed by atoms with van der Waals surface area (Å²) in [5.41, 5.74) is 0.703. The molecule has 0 spiro atoms. The van der Waals surface area contributed by atoms with Gasteiger partial charge in [0.25, 0.3) is 0 Å². The van der Waals surface area contributed by atoms with Gasteiger partial charge in [-0.1, -0.05) is 0 Å². The molecule has 1 fully saturated rings. The molecule has 1 aliphatic rings. The van der Waals surface area contributed by atoms with Gasteiger partial charge in [0.15, 0.2) is 0 Å². The average molecular weight is 306 g/mol. The van der Waals surface area contributed by atoms with Crippen LogP contribution in [0.5, 0.6) is 11.5 Å². The van der Waals surface area contributed by atoms with Gasteiger partial charge in [-0.25, -0.2) is 4.79 Å². The highest BCUT2D eigenvalue weighted by molar-refractivity contribution is 6.04. The smallest absolute Gasteiger partial charge is 0.321 e. The Hall–Kier alpha value is -2.44. The number of guanidine groups is 1. The minimum Gasteiger partial charge on any atom is -0.497 e. The maximum absolute atomic E-state index is 11.5. The van der Waals surface area contributed by atoms with E-state index in [4.69, 9.17) is 9.47 Å². The largest absolute Gasteiger partial charge is 0.497 e. The van der Waals surface area contributed by atoms with Crippen molar-refractivity contribution in [1.82, 2.24) is 10.6 Å². The monoisotopic (exact) mass is 306 g/mol. The summed E-state index contributed by atoms with van der Waals surface area (Å²) in [5, 5.41) is 8.29. The van der Waals surface area contributed by atoms with Crippen molar-refractivity contribution in [2.45, 2.75) is 12.8 Å². The summed E-state index contributed by atoms with van der Waals surface area (Å²) >= 11 is 0. The molecule has 0 aliphatic heterocycles. The lowest BCUT2D eigenvalue weighted by Gasteiger charge is -2.15. The molecular formula is C15H22N4O3. The number of hydrogen-bond donors (Lipinski definition) is 3. The topological polar surface area (TPSA) is 84.0 Å². The lowest BCUT2D eigenvalue weighted by atomic mass is 10.2. The molecule has 1 aliphatic carbocycles. The van der Waals surface area contributed by atoms with E-state index < -0.39 is 0 Å².